The molecule has 1 aromatic heterocycles. The molecule has 0 bridgehead atoms. The Morgan fingerprint density at radius 2 is 1.40 bits per heavy atom. The fourth-order valence-corrected chi connectivity index (χ4v) is 2.93. The van der Waals surface area contributed by atoms with Crippen LogP contribution in [0, 0.1) is 0 Å². The van der Waals surface area contributed by atoms with Gasteiger partial charge in [-0.1, -0.05) is 24.3 Å². The third-order valence-corrected chi connectivity index (χ3v) is 4.60. The van der Waals surface area contributed by atoms with E-state index in [4.69, 9.17) is 19.3 Å². The summed E-state index contributed by atoms with van der Waals surface area (Å²) < 4.78 is 16.4. The first kappa shape index (κ1) is 21.3. The summed E-state index contributed by atoms with van der Waals surface area (Å²) in [6.07, 6.45) is 3.78. The number of ether oxygens (including phenoxy) is 3. The van der Waals surface area contributed by atoms with E-state index in [-0.39, 0.29) is 0 Å². The van der Waals surface area contributed by atoms with Gasteiger partial charge in [0.2, 0.25) is 0 Å². The van der Waals surface area contributed by atoms with Gasteiger partial charge < -0.3 is 19.3 Å². The maximum absolute atomic E-state index is 11.0. The molecule has 0 saturated carbocycles. The minimum atomic E-state index is -0.968. The van der Waals surface area contributed by atoms with Gasteiger partial charge in [-0.3, -0.25) is 4.98 Å². The van der Waals surface area contributed by atoms with E-state index in [0.717, 1.165) is 34.6 Å². The Kier molecular flexibility index (Phi) is 7.80. The van der Waals surface area contributed by atoms with Crippen molar-refractivity contribution >= 4 is 5.97 Å². The van der Waals surface area contributed by atoms with E-state index < -0.39 is 12.1 Å². The van der Waals surface area contributed by atoms with Crippen LogP contribution in [0.15, 0.2) is 73.1 Å². The number of rotatable bonds is 11. The lowest BCUT2D eigenvalue weighted by molar-refractivity contribution is -0.148. The zero-order chi connectivity index (χ0) is 21.2. The number of nitrogens with zero attached hydrogens (tertiary/aromatic N) is 1. The van der Waals surface area contributed by atoms with E-state index in [9.17, 15) is 4.79 Å². The molecule has 0 aliphatic carbocycles. The molecule has 3 aromatic rings. The van der Waals surface area contributed by atoms with E-state index in [1.54, 1.807) is 12.4 Å². The Balaban J connectivity index is 1.37. The Bertz CT molecular complexity index is 911. The Labute approximate surface area is 176 Å². The molecule has 0 radical (unpaired) electrons. The predicted molar refractivity (Wildman–Crippen MR) is 114 cm³/mol. The van der Waals surface area contributed by atoms with Crippen molar-refractivity contribution in [2.24, 2.45) is 0 Å². The fourth-order valence-electron chi connectivity index (χ4n) is 2.93. The van der Waals surface area contributed by atoms with Crippen molar-refractivity contribution in [1.29, 1.82) is 0 Å². The van der Waals surface area contributed by atoms with Crippen LogP contribution in [0.3, 0.4) is 0 Å². The summed E-state index contributed by atoms with van der Waals surface area (Å²) in [7, 11) is 1.40. The van der Waals surface area contributed by atoms with Gasteiger partial charge in [-0.15, -0.1) is 0 Å². The standard InChI is InChI=1S/C24H25NO5/c1-28-23(24(26)27)17-18-3-7-21(8-4-18)29-15-2-16-30-22-9-5-19(6-10-22)20-11-13-25-14-12-20/h3-14,23H,2,15-17H2,1H3,(H,26,27)/t23-/m0/s1. The lowest BCUT2D eigenvalue weighted by Crippen LogP contribution is -2.24. The van der Waals surface area contributed by atoms with Crippen LogP contribution in [0.4, 0.5) is 0 Å². The van der Waals surface area contributed by atoms with E-state index in [0.29, 0.717) is 19.6 Å². The van der Waals surface area contributed by atoms with Crippen LogP contribution < -0.4 is 9.47 Å². The van der Waals surface area contributed by atoms with E-state index in [1.165, 1.54) is 7.11 Å². The Morgan fingerprint density at radius 3 is 1.93 bits per heavy atom. The molecule has 0 spiro atoms. The normalized spacial score (nSPS) is 11.6. The molecule has 0 aliphatic heterocycles. The molecule has 1 N–H and O–H groups in total. The minimum Gasteiger partial charge on any atom is -0.493 e. The lowest BCUT2D eigenvalue weighted by Gasteiger charge is -2.11. The molecular weight excluding hydrogens is 382 g/mol. The van der Waals surface area contributed by atoms with Crippen molar-refractivity contribution in [2.45, 2.75) is 18.9 Å². The smallest absolute Gasteiger partial charge is 0.333 e. The fraction of sp³-hybridized carbons (Fsp3) is 0.250. The van der Waals surface area contributed by atoms with Crippen molar-refractivity contribution in [2.75, 3.05) is 20.3 Å². The first-order valence-corrected chi connectivity index (χ1v) is 9.76. The summed E-state index contributed by atoms with van der Waals surface area (Å²) in [5.74, 6) is 0.595. The van der Waals surface area contributed by atoms with Crippen molar-refractivity contribution in [3.8, 4) is 22.6 Å². The Hall–Kier alpha value is -3.38. The first-order valence-electron chi connectivity index (χ1n) is 9.76. The second kappa shape index (κ2) is 11.0. The summed E-state index contributed by atoms with van der Waals surface area (Å²) in [6.45, 7) is 1.09. The van der Waals surface area contributed by atoms with Gasteiger partial charge in [0.05, 0.1) is 13.2 Å². The number of carboxylic acid groups (broad SMARTS) is 1. The average molecular weight is 407 g/mol. The summed E-state index contributed by atoms with van der Waals surface area (Å²) in [5.41, 5.74) is 3.13. The second-order valence-corrected chi connectivity index (χ2v) is 6.72. The third kappa shape index (κ3) is 6.32. The van der Waals surface area contributed by atoms with Crippen molar-refractivity contribution in [3.63, 3.8) is 0 Å². The average Bonchev–Trinajstić information content (AvgIpc) is 2.79. The molecule has 6 heteroatoms. The molecule has 6 nitrogen and oxygen atoms in total. The number of carboxylic acids is 1. The van der Waals surface area contributed by atoms with Crippen LogP contribution in [-0.4, -0.2) is 42.5 Å². The summed E-state index contributed by atoms with van der Waals surface area (Å²) in [6, 6.07) is 19.3. The van der Waals surface area contributed by atoms with Crippen molar-refractivity contribution in [1.82, 2.24) is 4.98 Å². The number of benzene rings is 2. The van der Waals surface area contributed by atoms with Gasteiger partial charge in [0, 0.05) is 32.3 Å². The molecule has 3 rings (SSSR count). The highest BCUT2D eigenvalue weighted by molar-refractivity contribution is 5.72. The minimum absolute atomic E-state index is 0.319. The molecule has 0 amide bonds. The van der Waals surface area contributed by atoms with Crippen LogP contribution in [0.25, 0.3) is 11.1 Å². The molecule has 156 valence electrons. The van der Waals surface area contributed by atoms with Crippen LogP contribution in [0.2, 0.25) is 0 Å². The van der Waals surface area contributed by atoms with E-state index >= 15 is 0 Å². The van der Waals surface area contributed by atoms with Crippen LogP contribution >= 0.6 is 0 Å². The monoisotopic (exact) mass is 407 g/mol. The van der Waals surface area contributed by atoms with Crippen molar-refractivity contribution in [3.05, 3.63) is 78.6 Å². The van der Waals surface area contributed by atoms with Gasteiger partial charge in [-0.2, -0.15) is 0 Å². The highest BCUT2D eigenvalue weighted by Gasteiger charge is 2.16. The molecule has 0 aliphatic rings. The van der Waals surface area contributed by atoms with Crippen LogP contribution in [0.5, 0.6) is 11.5 Å². The van der Waals surface area contributed by atoms with Gasteiger partial charge in [0.25, 0.3) is 0 Å². The zero-order valence-corrected chi connectivity index (χ0v) is 16.9. The molecule has 30 heavy (non-hydrogen) atoms. The number of hydrogen-bond donors (Lipinski definition) is 1. The van der Waals surface area contributed by atoms with Gasteiger partial charge in [0.15, 0.2) is 6.10 Å². The van der Waals surface area contributed by atoms with Gasteiger partial charge in [-0.25, -0.2) is 4.79 Å². The van der Waals surface area contributed by atoms with Gasteiger partial charge >= 0.3 is 5.97 Å². The summed E-state index contributed by atoms with van der Waals surface area (Å²) in [4.78, 5) is 15.1. The predicted octanol–water partition coefficient (Wildman–Crippen LogP) is 4.24. The highest BCUT2D eigenvalue weighted by Crippen LogP contribution is 2.21. The summed E-state index contributed by atoms with van der Waals surface area (Å²) >= 11 is 0. The third-order valence-electron chi connectivity index (χ3n) is 4.60. The van der Waals surface area contributed by atoms with Gasteiger partial charge in [0.1, 0.15) is 11.5 Å². The van der Waals surface area contributed by atoms with E-state index in [1.807, 2.05) is 60.7 Å². The Morgan fingerprint density at radius 1 is 0.867 bits per heavy atom. The molecule has 1 atom stereocenters. The second-order valence-electron chi connectivity index (χ2n) is 6.72. The summed E-state index contributed by atoms with van der Waals surface area (Å²) in [5, 5.41) is 9.04. The van der Waals surface area contributed by atoms with Gasteiger partial charge in [-0.05, 0) is 53.1 Å². The zero-order valence-electron chi connectivity index (χ0n) is 16.9. The first-order chi connectivity index (χ1) is 14.7. The molecule has 0 fully saturated rings. The van der Waals surface area contributed by atoms with Crippen molar-refractivity contribution < 1.29 is 24.1 Å². The molecule has 2 aromatic carbocycles. The SMILES string of the molecule is CO[C@@H](Cc1ccc(OCCCOc2ccc(-c3ccncc3)cc2)cc1)C(=O)O. The molecular formula is C24H25NO5. The van der Waals surface area contributed by atoms with Crippen LogP contribution in [-0.2, 0) is 16.0 Å². The molecule has 1 heterocycles. The largest absolute Gasteiger partial charge is 0.493 e. The molecule has 0 saturated heterocycles. The number of aliphatic carboxylic acids is 1. The molecule has 0 unspecified atom stereocenters. The van der Waals surface area contributed by atoms with Crippen LogP contribution in [0.1, 0.15) is 12.0 Å². The highest BCUT2D eigenvalue weighted by atomic mass is 16.5. The topological polar surface area (TPSA) is 77.9 Å². The number of carbonyl (C=O) groups is 1. The maximum atomic E-state index is 11.0. The number of aromatic nitrogens is 1. The quantitative estimate of drug-likeness (QED) is 0.479. The maximum Gasteiger partial charge on any atom is 0.333 e. The number of hydrogen-bond acceptors (Lipinski definition) is 5. The number of pyridine rings is 1. The lowest BCUT2D eigenvalue weighted by atomic mass is 10.1. The van der Waals surface area contributed by atoms with E-state index in [2.05, 4.69) is 4.98 Å². The number of methoxy groups -OCH3 is 1.